The lowest BCUT2D eigenvalue weighted by atomic mass is 10.2. The summed E-state index contributed by atoms with van der Waals surface area (Å²) in [4.78, 5) is 23.0. The average Bonchev–Trinajstić information content (AvgIpc) is 3.29. The van der Waals surface area contributed by atoms with E-state index in [1.165, 1.54) is 30.5 Å². The molecule has 1 heterocycles. The number of aromatic hydroxyl groups is 2. The fourth-order valence-electron chi connectivity index (χ4n) is 3.10. The molecule has 4 aromatic rings. The summed E-state index contributed by atoms with van der Waals surface area (Å²) in [5, 5.41) is 42.9. The molecule has 0 fully saturated rings. The second-order valence-corrected chi connectivity index (χ2v) is 8.05. The van der Waals surface area contributed by atoms with Gasteiger partial charge in [0.05, 0.1) is 16.9 Å². The molecule has 0 atom stereocenters. The van der Waals surface area contributed by atoms with E-state index < -0.39 is 10.8 Å². The van der Waals surface area contributed by atoms with Crippen LogP contribution in [-0.4, -0.2) is 47.8 Å². The van der Waals surface area contributed by atoms with Gasteiger partial charge in [-0.3, -0.25) is 19.5 Å². The maximum absolute atomic E-state index is 12.3. The fourth-order valence-corrected chi connectivity index (χ4v) is 3.84. The van der Waals surface area contributed by atoms with Gasteiger partial charge in [0.25, 0.3) is 11.6 Å². The molecule has 0 aliphatic rings. The summed E-state index contributed by atoms with van der Waals surface area (Å²) in [5.74, 6) is -0.347. The molecule has 1 amide bonds. The van der Waals surface area contributed by atoms with E-state index in [2.05, 4.69) is 20.7 Å². The first kappa shape index (κ1) is 23.4. The second kappa shape index (κ2) is 10.5. The fraction of sp³-hybridized carbons (Fsp3) is 0.0435. The Morgan fingerprint density at radius 1 is 1.09 bits per heavy atom. The van der Waals surface area contributed by atoms with Crippen LogP contribution in [0.25, 0.3) is 17.1 Å². The Morgan fingerprint density at radius 2 is 1.89 bits per heavy atom. The van der Waals surface area contributed by atoms with Gasteiger partial charge in [-0.1, -0.05) is 42.1 Å². The van der Waals surface area contributed by atoms with Gasteiger partial charge in [-0.2, -0.15) is 5.10 Å². The largest absolute Gasteiger partial charge is 0.508 e. The van der Waals surface area contributed by atoms with Crippen molar-refractivity contribution in [2.45, 2.75) is 5.16 Å². The number of nitro benzene ring substituents is 1. The van der Waals surface area contributed by atoms with Crippen LogP contribution in [0.4, 0.5) is 5.69 Å². The number of carbonyl (C=O) groups excluding carboxylic acids is 1. The molecule has 0 bridgehead atoms. The van der Waals surface area contributed by atoms with Gasteiger partial charge in [0, 0.05) is 35.0 Å². The van der Waals surface area contributed by atoms with Crippen molar-refractivity contribution in [2.75, 3.05) is 5.75 Å². The van der Waals surface area contributed by atoms with Crippen molar-refractivity contribution in [2.24, 2.45) is 5.10 Å². The van der Waals surface area contributed by atoms with Crippen LogP contribution in [0.1, 0.15) is 5.56 Å². The molecule has 1 aromatic heterocycles. The van der Waals surface area contributed by atoms with E-state index in [9.17, 15) is 25.1 Å². The summed E-state index contributed by atoms with van der Waals surface area (Å²) in [6.07, 6.45) is 1.25. The van der Waals surface area contributed by atoms with Crippen LogP contribution < -0.4 is 5.43 Å². The number of carbonyl (C=O) groups is 1. The molecule has 12 heteroatoms. The first-order valence-corrected chi connectivity index (χ1v) is 11.1. The standard InChI is InChI=1S/C23H18N6O5S/c30-19-10-9-16(20(31)12-19)13-24-25-21(32)14-35-23-27-26-22(28(23)17-6-2-1-3-7-17)15-5-4-8-18(11-15)29(33)34/h1-13,30-31H,14H2,(H,25,32)/b24-13-. The Balaban J connectivity index is 1.53. The van der Waals surface area contributed by atoms with Crippen molar-refractivity contribution in [1.29, 1.82) is 0 Å². The Labute approximate surface area is 202 Å². The summed E-state index contributed by atoms with van der Waals surface area (Å²) in [7, 11) is 0. The smallest absolute Gasteiger partial charge is 0.270 e. The lowest BCUT2D eigenvalue weighted by Gasteiger charge is -2.10. The van der Waals surface area contributed by atoms with Crippen LogP contribution in [0.15, 0.2) is 83.1 Å². The first-order valence-electron chi connectivity index (χ1n) is 10.1. The Morgan fingerprint density at radius 3 is 2.63 bits per heavy atom. The molecule has 176 valence electrons. The van der Waals surface area contributed by atoms with E-state index in [4.69, 9.17) is 0 Å². The topological polar surface area (TPSA) is 156 Å². The molecular formula is C23H18N6O5S. The lowest BCUT2D eigenvalue weighted by molar-refractivity contribution is -0.384. The third-order valence-electron chi connectivity index (χ3n) is 4.70. The van der Waals surface area contributed by atoms with Crippen LogP contribution in [-0.2, 0) is 4.79 Å². The van der Waals surface area contributed by atoms with Gasteiger partial charge < -0.3 is 10.2 Å². The van der Waals surface area contributed by atoms with Crippen molar-refractivity contribution in [3.8, 4) is 28.6 Å². The average molecular weight is 491 g/mol. The SMILES string of the molecule is O=C(CSc1nnc(-c2cccc([N+](=O)[O-])c2)n1-c1ccccc1)N/N=C\c1ccc(O)cc1O. The van der Waals surface area contributed by atoms with Gasteiger partial charge in [-0.25, -0.2) is 5.43 Å². The molecule has 0 radical (unpaired) electrons. The maximum atomic E-state index is 12.3. The zero-order chi connectivity index (χ0) is 24.8. The highest BCUT2D eigenvalue weighted by Gasteiger charge is 2.19. The first-order chi connectivity index (χ1) is 16.9. The lowest BCUT2D eigenvalue weighted by Crippen LogP contribution is -2.20. The number of phenolic OH excluding ortho intramolecular Hbond substituents is 2. The number of thioether (sulfide) groups is 1. The highest BCUT2D eigenvalue weighted by molar-refractivity contribution is 7.99. The molecule has 0 aliphatic carbocycles. The summed E-state index contributed by atoms with van der Waals surface area (Å²) >= 11 is 1.11. The van der Waals surface area contributed by atoms with Crippen molar-refractivity contribution in [1.82, 2.24) is 20.2 Å². The minimum atomic E-state index is -0.481. The molecule has 0 aliphatic heterocycles. The van der Waals surface area contributed by atoms with E-state index in [-0.39, 0.29) is 22.9 Å². The quantitative estimate of drug-likeness (QED) is 0.147. The van der Waals surface area contributed by atoms with Gasteiger partial charge in [0.1, 0.15) is 11.5 Å². The number of hydrogen-bond donors (Lipinski definition) is 3. The van der Waals surface area contributed by atoms with E-state index in [1.807, 2.05) is 30.3 Å². The van der Waals surface area contributed by atoms with Crippen LogP contribution in [0.5, 0.6) is 11.5 Å². The second-order valence-electron chi connectivity index (χ2n) is 7.11. The number of para-hydroxylation sites is 1. The number of phenols is 2. The summed E-state index contributed by atoms with van der Waals surface area (Å²) in [5.41, 5.74) is 3.84. The maximum Gasteiger partial charge on any atom is 0.270 e. The molecule has 3 aromatic carbocycles. The Bertz CT molecular complexity index is 1410. The number of amides is 1. The summed E-state index contributed by atoms with van der Waals surface area (Å²) in [6.45, 7) is 0. The third-order valence-corrected chi connectivity index (χ3v) is 5.63. The highest BCUT2D eigenvalue weighted by atomic mass is 32.2. The van der Waals surface area contributed by atoms with Crippen LogP contribution >= 0.6 is 11.8 Å². The molecule has 11 nitrogen and oxygen atoms in total. The number of hydrogen-bond acceptors (Lipinski definition) is 9. The number of nitrogens with one attached hydrogen (secondary N) is 1. The van der Waals surface area contributed by atoms with Crippen LogP contribution in [0.3, 0.4) is 0 Å². The predicted octanol–water partition coefficient (Wildman–Crippen LogP) is 3.50. The number of non-ortho nitro benzene ring substituents is 1. The van der Waals surface area contributed by atoms with Gasteiger partial charge in [0.15, 0.2) is 11.0 Å². The molecule has 0 spiro atoms. The number of nitrogens with zero attached hydrogens (tertiary/aromatic N) is 5. The predicted molar refractivity (Wildman–Crippen MR) is 130 cm³/mol. The Hall–Kier alpha value is -4.71. The molecule has 3 N–H and O–H groups in total. The van der Waals surface area contributed by atoms with Crippen molar-refractivity contribution >= 4 is 29.6 Å². The van der Waals surface area contributed by atoms with Crippen LogP contribution in [0.2, 0.25) is 0 Å². The van der Waals surface area contributed by atoms with E-state index >= 15 is 0 Å². The molecular weight excluding hydrogens is 472 g/mol. The minimum Gasteiger partial charge on any atom is -0.508 e. The zero-order valence-corrected chi connectivity index (χ0v) is 18.8. The van der Waals surface area contributed by atoms with Gasteiger partial charge >= 0.3 is 0 Å². The van der Waals surface area contributed by atoms with Gasteiger partial charge in [0.2, 0.25) is 0 Å². The van der Waals surface area contributed by atoms with Crippen molar-refractivity contribution in [3.05, 3.63) is 88.5 Å². The normalized spacial score (nSPS) is 11.0. The number of nitro groups is 1. The summed E-state index contributed by atoms with van der Waals surface area (Å²) in [6, 6.07) is 19.3. The molecule has 0 saturated heterocycles. The third kappa shape index (κ3) is 5.62. The summed E-state index contributed by atoms with van der Waals surface area (Å²) < 4.78 is 1.72. The highest BCUT2D eigenvalue weighted by Crippen LogP contribution is 2.29. The van der Waals surface area contributed by atoms with E-state index in [0.717, 1.165) is 23.5 Å². The van der Waals surface area contributed by atoms with Crippen LogP contribution in [0, 0.1) is 10.1 Å². The van der Waals surface area contributed by atoms with Crippen molar-refractivity contribution in [3.63, 3.8) is 0 Å². The Kier molecular flexibility index (Phi) is 7.02. The number of hydrazone groups is 1. The van der Waals surface area contributed by atoms with E-state index in [0.29, 0.717) is 22.1 Å². The number of aromatic nitrogens is 3. The van der Waals surface area contributed by atoms with E-state index in [1.54, 1.807) is 16.7 Å². The number of benzene rings is 3. The number of rotatable bonds is 8. The minimum absolute atomic E-state index is 0.0429. The molecule has 0 saturated carbocycles. The molecule has 35 heavy (non-hydrogen) atoms. The molecule has 4 rings (SSSR count). The van der Waals surface area contributed by atoms with Gasteiger partial charge in [-0.15, -0.1) is 10.2 Å². The van der Waals surface area contributed by atoms with Crippen molar-refractivity contribution < 1.29 is 19.9 Å². The van der Waals surface area contributed by atoms with Gasteiger partial charge in [-0.05, 0) is 24.3 Å². The zero-order valence-electron chi connectivity index (χ0n) is 18.0. The molecule has 0 unspecified atom stereocenters. The monoisotopic (exact) mass is 490 g/mol.